The van der Waals surface area contributed by atoms with E-state index in [0.717, 1.165) is 16.9 Å². The van der Waals surface area contributed by atoms with E-state index in [-0.39, 0.29) is 11.7 Å². The number of carbonyl (C=O) groups is 1. The standard InChI is InChI=1S/C21H19N5O3S/c1-15-6-8-16(9-7-15)20-24-25-21(26(20)13-18-5-3-11-29-18)30-14-19(27)23-22-12-17-4-2-10-28-17/h2-12H,13-14H2,1H3,(H,23,27)/b22-12+. The van der Waals surface area contributed by atoms with Crippen LogP contribution in [0.5, 0.6) is 0 Å². The number of aromatic nitrogens is 3. The molecule has 9 heteroatoms. The Bertz CT molecular complexity index is 1120. The van der Waals surface area contributed by atoms with Crippen LogP contribution in [0.3, 0.4) is 0 Å². The molecule has 0 fully saturated rings. The molecule has 30 heavy (non-hydrogen) atoms. The van der Waals surface area contributed by atoms with E-state index < -0.39 is 0 Å². The molecular weight excluding hydrogens is 402 g/mol. The number of hydrazone groups is 1. The van der Waals surface area contributed by atoms with Crippen LogP contribution in [-0.4, -0.2) is 32.6 Å². The van der Waals surface area contributed by atoms with E-state index in [1.165, 1.54) is 24.2 Å². The largest absolute Gasteiger partial charge is 0.467 e. The quantitative estimate of drug-likeness (QED) is 0.264. The Kier molecular flexibility index (Phi) is 6.09. The van der Waals surface area contributed by atoms with Crippen molar-refractivity contribution in [2.75, 3.05) is 5.75 Å². The summed E-state index contributed by atoms with van der Waals surface area (Å²) in [7, 11) is 0. The highest BCUT2D eigenvalue weighted by molar-refractivity contribution is 7.99. The smallest absolute Gasteiger partial charge is 0.250 e. The first-order valence-corrected chi connectivity index (χ1v) is 10.2. The van der Waals surface area contributed by atoms with Gasteiger partial charge in [0.25, 0.3) is 5.91 Å². The van der Waals surface area contributed by atoms with Crippen LogP contribution in [0.2, 0.25) is 0 Å². The van der Waals surface area contributed by atoms with Crippen molar-refractivity contribution in [2.24, 2.45) is 5.10 Å². The van der Waals surface area contributed by atoms with Crippen molar-refractivity contribution < 1.29 is 13.6 Å². The van der Waals surface area contributed by atoms with Crippen LogP contribution in [-0.2, 0) is 11.3 Å². The highest BCUT2D eigenvalue weighted by atomic mass is 32.2. The van der Waals surface area contributed by atoms with E-state index >= 15 is 0 Å². The number of rotatable bonds is 8. The van der Waals surface area contributed by atoms with Crippen LogP contribution in [0.4, 0.5) is 0 Å². The fourth-order valence-electron chi connectivity index (χ4n) is 2.71. The Labute approximate surface area is 177 Å². The number of benzene rings is 1. The average Bonchev–Trinajstić information content (AvgIpc) is 3.50. The van der Waals surface area contributed by atoms with Gasteiger partial charge in [-0.3, -0.25) is 9.36 Å². The van der Waals surface area contributed by atoms with Gasteiger partial charge in [0.2, 0.25) is 0 Å². The Balaban J connectivity index is 1.47. The molecule has 0 saturated heterocycles. The minimum atomic E-state index is -0.257. The molecule has 0 spiro atoms. The van der Waals surface area contributed by atoms with Crippen molar-refractivity contribution in [2.45, 2.75) is 18.6 Å². The van der Waals surface area contributed by atoms with E-state index in [4.69, 9.17) is 8.83 Å². The second-order valence-electron chi connectivity index (χ2n) is 6.43. The van der Waals surface area contributed by atoms with Crippen LogP contribution in [0.15, 0.2) is 80.1 Å². The van der Waals surface area contributed by atoms with Crippen molar-refractivity contribution in [3.63, 3.8) is 0 Å². The number of nitrogens with one attached hydrogen (secondary N) is 1. The maximum atomic E-state index is 12.1. The molecule has 152 valence electrons. The highest BCUT2D eigenvalue weighted by Crippen LogP contribution is 2.25. The van der Waals surface area contributed by atoms with Crippen LogP contribution in [0.25, 0.3) is 11.4 Å². The Morgan fingerprint density at radius 3 is 2.67 bits per heavy atom. The molecule has 1 amide bonds. The van der Waals surface area contributed by atoms with E-state index in [0.29, 0.717) is 23.3 Å². The van der Waals surface area contributed by atoms with Crippen molar-refractivity contribution in [3.05, 3.63) is 78.1 Å². The molecule has 0 radical (unpaired) electrons. The van der Waals surface area contributed by atoms with Gasteiger partial charge >= 0.3 is 0 Å². The predicted octanol–water partition coefficient (Wildman–Crippen LogP) is 3.73. The second kappa shape index (κ2) is 9.27. The first kappa shape index (κ1) is 19.7. The zero-order valence-corrected chi connectivity index (χ0v) is 17.0. The molecule has 0 saturated carbocycles. The first-order chi connectivity index (χ1) is 14.7. The van der Waals surface area contributed by atoms with E-state index in [1.54, 1.807) is 18.4 Å². The van der Waals surface area contributed by atoms with E-state index in [1.807, 2.05) is 47.9 Å². The molecule has 0 aliphatic carbocycles. The lowest BCUT2D eigenvalue weighted by atomic mass is 10.1. The first-order valence-electron chi connectivity index (χ1n) is 9.20. The van der Waals surface area contributed by atoms with E-state index in [2.05, 4.69) is 20.7 Å². The Morgan fingerprint density at radius 1 is 1.13 bits per heavy atom. The van der Waals surface area contributed by atoms with Crippen molar-refractivity contribution in [1.82, 2.24) is 20.2 Å². The number of thioether (sulfide) groups is 1. The fraction of sp³-hybridized carbons (Fsp3) is 0.143. The number of nitrogens with zero attached hydrogens (tertiary/aromatic N) is 4. The maximum Gasteiger partial charge on any atom is 0.250 e. The van der Waals surface area contributed by atoms with Gasteiger partial charge in [-0.2, -0.15) is 5.10 Å². The van der Waals surface area contributed by atoms with Gasteiger partial charge in [-0.25, -0.2) is 5.43 Å². The topological polar surface area (TPSA) is 98.5 Å². The molecule has 0 aliphatic heterocycles. The fourth-order valence-corrected chi connectivity index (χ4v) is 3.44. The van der Waals surface area contributed by atoms with Crippen LogP contribution < -0.4 is 5.43 Å². The molecule has 3 heterocycles. The van der Waals surface area contributed by atoms with Crippen molar-refractivity contribution in [3.8, 4) is 11.4 Å². The summed E-state index contributed by atoms with van der Waals surface area (Å²) in [5.74, 6) is 1.93. The molecule has 0 aliphatic rings. The van der Waals surface area contributed by atoms with Gasteiger partial charge < -0.3 is 8.83 Å². The van der Waals surface area contributed by atoms with Gasteiger partial charge in [-0.15, -0.1) is 10.2 Å². The zero-order valence-electron chi connectivity index (χ0n) is 16.2. The molecule has 0 unspecified atom stereocenters. The molecule has 0 atom stereocenters. The molecular formula is C21H19N5O3S. The summed E-state index contributed by atoms with van der Waals surface area (Å²) in [6.07, 6.45) is 4.61. The average molecular weight is 421 g/mol. The van der Waals surface area contributed by atoms with Gasteiger partial charge in [-0.05, 0) is 31.2 Å². The molecule has 0 bridgehead atoms. The van der Waals surface area contributed by atoms with Crippen molar-refractivity contribution in [1.29, 1.82) is 0 Å². The zero-order chi connectivity index (χ0) is 20.8. The summed E-state index contributed by atoms with van der Waals surface area (Å²) in [6, 6.07) is 15.3. The van der Waals surface area contributed by atoms with Crippen LogP contribution in [0.1, 0.15) is 17.1 Å². The molecule has 1 aromatic carbocycles. The predicted molar refractivity (Wildman–Crippen MR) is 113 cm³/mol. The summed E-state index contributed by atoms with van der Waals surface area (Å²) in [6.45, 7) is 2.50. The highest BCUT2D eigenvalue weighted by Gasteiger charge is 2.17. The number of furan rings is 2. The lowest BCUT2D eigenvalue weighted by Gasteiger charge is -2.09. The number of hydrogen-bond acceptors (Lipinski definition) is 7. The van der Waals surface area contributed by atoms with Crippen LogP contribution >= 0.6 is 11.8 Å². The third kappa shape index (κ3) is 4.87. The van der Waals surface area contributed by atoms with Gasteiger partial charge in [0.15, 0.2) is 11.0 Å². The lowest BCUT2D eigenvalue weighted by Crippen LogP contribution is -2.20. The van der Waals surface area contributed by atoms with Gasteiger partial charge in [0.1, 0.15) is 11.5 Å². The normalized spacial score (nSPS) is 11.2. The molecule has 1 N–H and O–H groups in total. The summed E-state index contributed by atoms with van der Waals surface area (Å²) < 4.78 is 12.6. The number of amides is 1. The minimum absolute atomic E-state index is 0.139. The van der Waals surface area contributed by atoms with Crippen molar-refractivity contribution >= 4 is 23.9 Å². The van der Waals surface area contributed by atoms with Gasteiger partial charge in [0.05, 0.1) is 31.0 Å². The SMILES string of the molecule is Cc1ccc(-c2nnc(SCC(=O)N/N=C/c3ccco3)n2Cc2ccco2)cc1. The number of aryl methyl sites for hydroxylation is 1. The Morgan fingerprint density at radius 2 is 1.93 bits per heavy atom. The summed E-state index contributed by atoms with van der Waals surface area (Å²) in [5.41, 5.74) is 4.58. The van der Waals surface area contributed by atoms with Gasteiger partial charge in [-0.1, -0.05) is 41.6 Å². The van der Waals surface area contributed by atoms with Crippen LogP contribution in [0, 0.1) is 6.92 Å². The maximum absolute atomic E-state index is 12.1. The Hall–Kier alpha value is -3.59. The molecule has 4 aromatic rings. The second-order valence-corrected chi connectivity index (χ2v) is 7.38. The lowest BCUT2D eigenvalue weighted by molar-refractivity contribution is -0.118. The third-order valence-electron chi connectivity index (χ3n) is 4.18. The monoisotopic (exact) mass is 421 g/mol. The molecule has 3 aromatic heterocycles. The minimum Gasteiger partial charge on any atom is -0.467 e. The number of carbonyl (C=O) groups excluding carboxylic acids is 1. The summed E-state index contributed by atoms with van der Waals surface area (Å²) in [4.78, 5) is 12.1. The third-order valence-corrected chi connectivity index (χ3v) is 5.14. The number of hydrogen-bond donors (Lipinski definition) is 1. The van der Waals surface area contributed by atoms with Gasteiger partial charge in [0, 0.05) is 5.56 Å². The summed E-state index contributed by atoms with van der Waals surface area (Å²) >= 11 is 1.28. The molecule has 8 nitrogen and oxygen atoms in total. The summed E-state index contributed by atoms with van der Waals surface area (Å²) in [5, 5.41) is 13.1. The molecule has 4 rings (SSSR count). The van der Waals surface area contributed by atoms with E-state index in [9.17, 15) is 4.79 Å².